The number of benzene rings is 2. The van der Waals surface area contributed by atoms with Gasteiger partial charge >= 0.3 is 0 Å². The number of nitro benzene ring substituents is 1. The Morgan fingerprint density at radius 1 is 1.07 bits per heavy atom. The maximum absolute atomic E-state index is 10.7. The molecule has 0 aliphatic heterocycles. The van der Waals surface area contributed by atoms with E-state index < -0.39 is 4.92 Å². The first-order chi connectivity index (χ1) is 13.2. The molecule has 0 fully saturated rings. The molecule has 0 heterocycles. The predicted octanol–water partition coefficient (Wildman–Crippen LogP) is 3.82. The van der Waals surface area contributed by atoms with Crippen molar-refractivity contribution >= 4 is 22.7 Å². The van der Waals surface area contributed by atoms with E-state index in [0.717, 1.165) is 34.5 Å². The molecular weight excluding hydrogens is 358 g/mol. The van der Waals surface area contributed by atoms with Crippen molar-refractivity contribution in [3.63, 3.8) is 0 Å². The minimum Gasteiger partial charge on any atom is -0.395 e. The fraction of sp³-hybridized carbons (Fsp3) is 0.400. The maximum Gasteiger partial charge on any atom is 0.269 e. The number of azo groups is 1. The number of nitrogens with zero attached hydrogens (tertiary/aromatic N) is 5. The maximum atomic E-state index is 10.7. The van der Waals surface area contributed by atoms with Crippen LogP contribution in [-0.4, -0.2) is 61.9 Å². The smallest absolute Gasteiger partial charge is 0.269 e. The van der Waals surface area contributed by atoms with Crippen LogP contribution in [-0.2, 0) is 0 Å². The van der Waals surface area contributed by atoms with Crippen molar-refractivity contribution in [3.05, 3.63) is 58.1 Å². The highest BCUT2D eigenvalue weighted by Crippen LogP contribution is 2.27. The SMILES string of the molecule is Cc1cc(N(CCO)CC[N+](C)(C)C)ccc1N=Nc1ccc([N+](=O)[O-])cc1. The molecule has 2 aromatic carbocycles. The number of aliphatic hydroxyl groups excluding tert-OH is 1. The fourth-order valence-corrected chi connectivity index (χ4v) is 2.61. The van der Waals surface area contributed by atoms with Crippen molar-refractivity contribution < 1.29 is 14.5 Å². The number of anilines is 1. The van der Waals surface area contributed by atoms with Gasteiger partial charge in [0.1, 0.15) is 0 Å². The Morgan fingerprint density at radius 3 is 2.29 bits per heavy atom. The summed E-state index contributed by atoms with van der Waals surface area (Å²) in [6, 6.07) is 11.9. The van der Waals surface area contributed by atoms with Crippen molar-refractivity contribution in [3.8, 4) is 0 Å². The zero-order valence-corrected chi connectivity index (χ0v) is 16.9. The first kappa shape index (κ1) is 21.5. The second kappa shape index (κ2) is 9.38. The van der Waals surface area contributed by atoms with Gasteiger partial charge in [-0.05, 0) is 42.8 Å². The van der Waals surface area contributed by atoms with Gasteiger partial charge < -0.3 is 14.5 Å². The Labute approximate surface area is 165 Å². The van der Waals surface area contributed by atoms with E-state index in [1.807, 2.05) is 25.1 Å². The lowest BCUT2D eigenvalue weighted by atomic mass is 10.1. The molecule has 0 unspecified atom stereocenters. The summed E-state index contributed by atoms with van der Waals surface area (Å²) in [5.74, 6) is 0. The van der Waals surface area contributed by atoms with Crippen molar-refractivity contribution in [1.82, 2.24) is 0 Å². The van der Waals surface area contributed by atoms with Crippen LogP contribution in [0.15, 0.2) is 52.7 Å². The van der Waals surface area contributed by atoms with Crippen molar-refractivity contribution in [2.24, 2.45) is 10.2 Å². The fourth-order valence-electron chi connectivity index (χ4n) is 2.61. The van der Waals surface area contributed by atoms with Crippen molar-refractivity contribution in [2.75, 3.05) is 52.3 Å². The second-order valence-electron chi connectivity index (χ2n) is 7.67. The Bertz CT molecular complexity index is 829. The summed E-state index contributed by atoms with van der Waals surface area (Å²) in [7, 11) is 6.43. The molecular formula is C20H28N5O3+. The number of quaternary nitrogens is 1. The van der Waals surface area contributed by atoms with Crippen molar-refractivity contribution in [1.29, 1.82) is 0 Å². The molecule has 28 heavy (non-hydrogen) atoms. The molecule has 0 saturated heterocycles. The van der Waals surface area contributed by atoms with Gasteiger partial charge in [-0.15, -0.1) is 0 Å². The summed E-state index contributed by atoms with van der Waals surface area (Å²) in [5, 5.41) is 28.5. The number of hydrogen-bond donors (Lipinski definition) is 1. The van der Waals surface area contributed by atoms with Gasteiger partial charge in [0.25, 0.3) is 5.69 Å². The Hall–Kier alpha value is -2.84. The standard InChI is InChI=1S/C20H28N5O3/c1-16-15-19(23(12-14-26)11-13-25(2,3)4)9-10-20(16)22-21-17-5-7-18(8-6-17)24(27)28/h5-10,15,26H,11-14H2,1-4H3/q+1. The molecule has 0 spiro atoms. The third-order valence-corrected chi connectivity index (χ3v) is 4.29. The first-order valence-electron chi connectivity index (χ1n) is 9.13. The van der Waals surface area contributed by atoms with Gasteiger partial charge in [-0.2, -0.15) is 10.2 Å². The molecule has 2 aromatic rings. The Balaban J connectivity index is 2.14. The van der Waals surface area contributed by atoms with Crippen LogP contribution in [0.3, 0.4) is 0 Å². The summed E-state index contributed by atoms with van der Waals surface area (Å²) in [4.78, 5) is 12.4. The van der Waals surface area contributed by atoms with Gasteiger partial charge in [-0.25, -0.2) is 0 Å². The lowest BCUT2D eigenvalue weighted by molar-refractivity contribution is -0.868. The van der Waals surface area contributed by atoms with E-state index in [0.29, 0.717) is 12.2 Å². The van der Waals surface area contributed by atoms with Crippen LogP contribution in [0.1, 0.15) is 5.56 Å². The Morgan fingerprint density at radius 2 is 1.75 bits per heavy atom. The monoisotopic (exact) mass is 386 g/mol. The third kappa shape index (κ3) is 6.40. The molecule has 0 atom stereocenters. The van der Waals surface area contributed by atoms with Gasteiger partial charge in [0.05, 0.1) is 57.1 Å². The van der Waals surface area contributed by atoms with E-state index in [2.05, 4.69) is 36.3 Å². The van der Waals surface area contributed by atoms with Crippen LogP contribution in [0.25, 0.3) is 0 Å². The zero-order valence-electron chi connectivity index (χ0n) is 16.9. The number of nitro groups is 1. The molecule has 0 amide bonds. The molecule has 0 radical (unpaired) electrons. The molecule has 150 valence electrons. The predicted molar refractivity (Wildman–Crippen MR) is 111 cm³/mol. The summed E-state index contributed by atoms with van der Waals surface area (Å²) < 4.78 is 0.850. The third-order valence-electron chi connectivity index (χ3n) is 4.29. The summed E-state index contributed by atoms with van der Waals surface area (Å²) in [6.07, 6.45) is 0. The zero-order chi connectivity index (χ0) is 20.7. The number of aryl methyl sites for hydroxylation is 1. The van der Waals surface area contributed by atoms with Crippen LogP contribution < -0.4 is 4.90 Å². The van der Waals surface area contributed by atoms with Gasteiger partial charge in [0.15, 0.2) is 0 Å². The first-order valence-corrected chi connectivity index (χ1v) is 9.13. The molecule has 0 aromatic heterocycles. The largest absolute Gasteiger partial charge is 0.395 e. The van der Waals surface area contributed by atoms with Crippen LogP contribution >= 0.6 is 0 Å². The molecule has 0 aliphatic rings. The molecule has 8 nitrogen and oxygen atoms in total. The molecule has 2 rings (SSSR count). The van der Waals surface area contributed by atoms with E-state index >= 15 is 0 Å². The molecule has 1 N–H and O–H groups in total. The molecule has 0 saturated carbocycles. The number of rotatable bonds is 9. The number of aliphatic hydroxyl groups is 1. The highest BCUT2D eigenvalue weighted by Gasteiger charge is 2.13. The van der Waals surface area contributed by atoms with Crippen LogP contribution in [0.5, 0.6) is 0 Å². The van der Waals surface area contributed by atoms with E-state index in [1.165, 1.54) is 12.1 Å². The quantitative estimate of drug-likeness (QED) is 0.307. The average Bonchev–Trinajstić information content (AvgIpc) is 2.63. The number of non-ortho nitro benzene ring substituents is 1. The second-order valence-corrected chi connectivity index (χ2v) is 7.67. The van der Waals surface area contributed by atoms with E-state index in [1.54, 1.807) is 12.1 Å². The summed E-state index contributed by atoms with van der Waals surface area (Å²) in [5.41, 5.74) is 3.32. The number of likely N-dealkylation sites (N-methyl/N-ethyl adjacent to an activating group) is 1. The highest BCUT2D eigenvalue weighted by atomic mass is 16.6. The summed E-state index contributed by atoms with van der Waals surface area (Å²) in [6.45, 7) is 4.43. The van der Waals surface area contributed by atoms with Gasteiger partial charge in [-0.3, -0.25) is 10.1 Å². The normalized spacial score (nSPS) is 11.8. The lowest BCUT2D eigenvalue weighted by Crippen LogP contribution is -2.42. The van der Waals surface area contributed by atoms with Crippen molar-refractivity contribution in [2.45, 2.75) is 6.92 Å². The molecule has 8 heteroatoms. The van der Waals surface area contributed by atoms with E-state index in [-0.39, 0.29) is 12.3 Å². The topological polar surface area (TPSA) is 91.3 Å². The minimum absolute atomic E-state index is 0.0253. The lowest BCUT2D eigenvalue weighted by Gasteiger charge is -2.30. The highest BCUT2D eigenvalue weighted by molar-refractivity contribution is 5.58. The van der Waals surface area contributed by atoms with Gasteiger partial charge in [-0.1, -0.05) is 0 Å². The van der Waals surface area contributed by atoms with Crippen LogP contribution in [0, 0.1) is 17.0 Å². The molecule has 0 aliphatic carbocycles. The number of hydrogen-bond acceptors (Lipinski definition) is 6. The average molecular weight is 386 g/mol. The van der Waals surface area contributed by atoms with Gasteiger partial charge in [0.2, 0.25) is 0 Å². The van der Waals surface area contributed by atoms with Crippen LogP contribution in [0.2, 0.25) is 0 Å². The van der Waals surface area contributed by atoms with E-state index in [4.69, 9.17) is 0 Å². The molecule has 0 bridgehead atoms. The minimum atomic E-state index is -0.444. The van der Waals surface area contributed by atoms with Gasteiger partial charge in [0, 0.05) is 24.4 Å². The summed E-state index contributed by atoms with van der Waals surface area (Å²) >= 11 is 0. The van der Waals surface area contributed by atoms with Crippen LogP contribution in [0.4, 0.5) is 22.7 Å². The Kier molecular flexibility index (Phi) is 7.19. The van der Waals surface area contributed by atoms with E-state index in [9.17, 15) is 15.2 Å².